The number of aryl methyl sites for hydroxylation is 2. The highest BCUT2D eigenvalue weighted by Crippen LogP contribution is 2.43. The quantitative estimate of drug-likeness (QED) is 0.215. The molecule has 5 aromatic rings. The first kappa shape index (κ1) is 23.9. The summed E-state index contributed by atoms with van der Waals surface area (Å²) in [6, 6.07) is 8.80. The number of piperidine rings is 1. The molecule has 6 rings (SSSR count). The summed E-state index contributed by atoms with van der Waals surface area (Å²) < 4.78 is 5.28. The molecule has 4 heterocycles. The van der Waals surface area contributed by atoms with E-state index in [4.69, 9.17) is 5.10 Å². The average Bonchev–Trinajstić information content (AvgIpc) is 3.62. The monoisotopic (exact) mass is 605 g/mol. The predicted octanol–water partition coefficient (Wildman–Crippen LogP) is 5.55. The third-order valence-electron chi connectivity index (χ3n) is 7.58. The molecule has 1 fully saturated rings. The third kappa shape index (κ3) is 3.87. The van der Waals surface area contributed by atoms with Gasteiger partial charge >= 0.3 is 0 Å². The summed E-state index contributed by atoms with van der Waals surface area (Å²) in [5.41, 5.74) is 8.74. The third-order valence-corrected chi connectivity index (χ3v) is 8.97. The number of aromatic amines is 1. The fourth-order valence-corrected chi connectivity index (χ4v) is 6.31. The lowest BCUT2D eigenvalue weighted by Crippen LogP contribution is -2.38. The Balaban J connectivity index is 1.55. The smallest absolute Gasteiger partial charge is 0.245 e. The molecule has 0 radical (unpaired) electrons. The van der Waals surface area contributed by atoms with Crippen molar-refractivity contribution in [2.45, 2.75) is 32.7 Å². The zero-order valence-corrected chi connectivity index (χ0v) is 23.3. The molecule has 0 atom stereocenters. The van der Waals surface area contributed by atoms with Crippen molar-refractivity contribution in [3.05, 3.63) is 64.1 Å². The second kappa shape index (κ2) is 9.13. The molecule has 0 spiro atoms. The number of hydrogen-bond acceptors (Lipinski definition) is 4. The SMILES string of the molecule is C=CC(=O)N1CCC(n2nc(-c3ccc4c(cnn4C)c3)c(-c3c(I)c(C)cc4[nH]ncc34)c2C)CC1. The molecule has 2 aromatic carbocycles. The summed E-state index contributed by atoms with van der Waals surface area (Å²) in [6.45, 7) is 9.36. The number of amides is 1. The van der Waals surface area contributed by atoms with Crippen LogP contribution in [0.4, 0.5) is 0 Å². The molecular formula is C28H28IN7O. The number of fused-ring (bicyclic) bond motifs is 2. The van der Waals surface area contributed by atoms with E-state index < -0.39 is 0 Å². The second-order valence-corrected chi connectivity index (χ2v) is 10.8. The van der Waals surface area contributed by atoms with E-state index in [9.17, 15) is 4.79 Å². The van der Waals surface area contributed by atoms with Gasteiger partial charge in [0.05, 0.1) is 29.5 Å². The maximum Gasteiger partial charge on any atom is 0.245 e. The number of nitrogens with zero attached hydrogens (tertiary/aromatic N) is 6. The molecule has 9 heteroatoms. The van der Waals surface area contributed by atoms with Crippen molar-refractivity contribution in [3.8, 4) is 22.4 Å². The van der Waals surface area contributed by atoms with Crippen LogP contribution >= 0.6 is 22.6 Å². The first-order chi connectivity index (χ1) is 17.9. The molecule has 188 valence electrons. The average molecular weight is 605 g/mol. The number of hydrogen-bond donors (Lipinski definition) is 1. The molecule has 0 bridgehead atoms. The van der Waals surface area contributed by atoms with Gasteiger partial charge in [-0.15, -0.1) is 0 Å². The molecule has 1 N–H and O–H groups in total. The standard InChI is InChI=1S/C28H28IN7O/c1-5-24(37)35-10-8-20(9-11-35)36-17(3)25(26-21-15-30-32-22(21)12-16(2)27(26)29)28(33-36)18-6-7-23-19(13-18)14-31-34(23)4/h5-7,12-15,20H,1,8-11H2,2-4H3,(H,30,32). The normalized spacial score (nSPS) is 14.6. The maximum atomic E-state index is 12.2. The number of H-pyrrole nitrogens is 1. The molecule has 1 amide bonds. The number of benzene rings is 2. The molecule has 8 nitrogen and oxygen atoms in total. The number of carbonyl (C=O) groups excluding carboxylic acids is 1. The summed E-state index contributed by atoms with van der Waals surface area (Å²) in [6.07, 6.45) is 6.93. The maximum absolute atomic E-state index is 12.2. The highest BCUT2D eigenvalue weighted by molar-refractivity contribution is 14.1. The Morgan fingerprint density at radius 1 is 1.16 bits per heavy atom. The summed E-state index contributed by atoms with van der Waals surface area (Å²) in [5.74, 6) is -0.00143. The summed E-state index contributed by atoms with van der Waals surface area (Å²) >= 11 is 2.46. The lowest BCUT2D eigenvalue weighted by Gasteiger charge is -2.32. The lowest BCUT2D eigenvalue weighted by atomic mass is 9.94. The van der Waals surface area contributed by atoms with Crippen LogP contribution in [0.5, 0.6) is 0 Å². The minimum absolute atomic E-state index is 0.00143. The number of aromatic nitrogens is 6. The number of rotatable bonds is 4. The Hall–Kier alpha value is -3.47. The van der Waals surface area contributed by atoms with E-state index in [-0.39, 0.29) is 11.9 Å². The number of carbonyl (C=O) groups is 1. The molecule has 1 aliphatic heterocycles. The summed E-state index contributed by atoms with van der Waals surface area (Å²) in [7, 11) is 1.96. The molecule has 0 unspecified atom stereocenters. The number of halogens is 1. The topological polar surface area (TPSA) is 84.6 Å². The van der Waals surface area contributed by atoms with Gasteiger partial charge < -0.3 is 4.90 Å². The minimum atomic E-state index is -0.00143. The van der Waals surface area contributed by atoms with E-state index in [1.54, 1.807) is 0 Å². The Labute approximate surface area is 228 Å². The van der Waals surface area contributed by atoms with Crippen molar-refractivity contribution in [2.75, 3.05) is 13.1 Å². The molecule has 1 aliphatic rings. The zero-order chi connectivity index (χ0) is 25.8. The van der Waals surface area contributed by atoms with E-state index in [1.165, 1.54) is 15.2 Å². The van der Waals surface area contributed by atoms with Crippen molar-refractivity contribution in [2.24, 2.45) is 7.05 Å². The van der Waals surface area contributed by atoms with Crippen LogP contribution in [0.3, 0.4) is 0 Å². The Kier molecular flexibility index (Phi) is 5.89. The van der Waals surface area contributed by atoms with Crippen LogP contribution in [-0.2, 0) is 11.8 Å². The highest BCUT2D eigenvalue weighted by atomic mass is 127. The lowest BCUT2D eigenvalue weighted by molar-refractivity contribution is -0.127. The molecule has 1 saturated heterocycles. The first-order valence-corrected chi connectivity index (χ1v) is 13.5. The van der Waals surface area contributed by atoms with Crippen LogP contribution in [0.15, 0.2) is 49.3 Å². The minimum Gasteiger partial charge on any atom is -0.339 e. The van der Waals surface area contributed by atoms with Gasteiger partial charge in [0.2, 0.25) is 5.91 Å². The van der Waals surface area contributed by atoms with Crippen molar-refractivity contribution in [1.82, 2.24) is 34.7 Å². The van der Waals surface area contributed by atoms with Crippen LogP contribution < -0.4 is 0 Å². The van der Waals surface area contributed by atoms with Gasteiger partial charge in [-0.05, 0) is 79.1 Å². The van der Waals surface area contributed by atoms with Crippen LogP contribution in [0.25, 0.3) is 44.2 Å². The fourth-order valence-electron chi connectivity index (χ4n) is 5.59. The summed E-state index contributed by atoms with van der Waals surface area (Å²) in [4.78, 5) is 14.0. The molecule has 3 aromatic heterocycles. The van der Waals surface area contributed by atoms with Crippen molar-refractivity contribution < 1.29 is 4.79 Å². The largest absolute Gasteiger partial charge is 0.339 e. The van der Waals surface area contributed by atoms with Gasteiger partial charge in [-0.25, -0.2) is 0 Å². The van der Waals surface area contributed by atoms with E-state index >= 15 is 0 Å². The van der Waals surface area contributed by atoms with Gasteiger partial charge in [0.15, 0.2) is 0 Å². The number of likely N-dealkylation sites (tertiary alicyclic amines) is 1. The Bertz CT molecular complexity index is 1680. The zero-order valence-electron chi connectivity index (χ0n) is 21.1. The second-order valence-electron chi connectivity index (χ2n) is 9.77. The van der Waals surface area contributed by atoms with Crippen molar-refractivity contribution in [3.63, 3.8) is 0 Å². The van der Waals surface area contributed by atoms with Gasteiger partial charge in [-0.2, -0.15) is 15.3 Å². The molecule has 0 aliphatic carbocycles. The Morgan fingerprint density at radius 2 is 1.95 bits per heavy atom. The van der Waals surface area contributed by atoms with Gasteiger partial charge in [-0.3, -0.25) is 19.3 Å². The van der Waals surface area contributed by atoms with Gasteiger partial charge in [0.1, 0.15) is 5.69 Å². The van der Waals surface area contributed by atoms with E-state index in [0.29, 0.717) is 13.1 Å². The first-order valence-electron chi connectivity index (χ1n) is 12.4. The highest BCUT2D eigenvalue weighted by Gasteiger charge is 2.29. The van der Waals surface area contributed by atoms with E-state index in [0.717, 1.165) is 62.7 Å². The van der Waals surface area contributed by atoms with E-state index in [1.807, 2.05) is 29.0 Å². The van der Waals surface area contributed by atoms with E-state index in [2.05, 4.69) is 87.3 Å². The van der Waals surface area contributed by atoms with Crippen LogP contribution in [-0.4, -0.2) is 53.7 Å². The van der Waals surface area contributed by atoms with Gasteiger partial charge in [0.25, 0.3) is 0 Å². The molecule has 0 saturated carbocycles. The van der Waals surface area contributed by atoms with Crippen LogP contribution in [0.2, 0.25) is 0 Å². The van der Waals surface area contributed by atoms with Crippen molar-refractivity contribution in [1.29, 1.82) is 0 Å². The van der Waals surface area contributed by atoms with Crippen LogP contribution in [0.1, 0.15) is 30.1 Å². The Morgan fingerprint density at radius 3 is 2.70 bits per heavy atom. The van der Waals surface area contributed by atoms with Crippen LogP contribution in [0, 0.1) is 17.4 Å². The number of nitrogens with one attached hydrogen (secondary N) is 1. The molecule has 37 heavy (non-hydrogen) atoms. The fraction of sp³-hybridized carbons (Fsp3) is 0.286. The summed E-state index contributed by atoms with van der Waals surface area (Å²) in [5, 5.41) is 19.4. The molecular weight excluding hydrogens is 577 g/mol. The van der Waals surface area contributed by atoms with Gasteiger partial charge in [0, 0.05) is 56.9 Å². The predicted molar refractivity (Wildman–Crippen MR) is 154 cm³/mol. The van der Waals surface area contributed by atoms with Gasteiger partial charge in [-0.1, -0.05) is 12.6 Å². The van der Waals surface area contributed by atoms with Crippen molar-refractivity contribution >= 4 is 50.3 Å².